The van der Waals surface area contributed by atoms with Crippen LogP contribution in [0.1, 0.15) is 113 Å². The fraction of sp³-hybridized carbons (Fsp3) is 0.400. The second-order valence-corrected chi connectivity index (χ2v) is 20.5. The molecule has 1 atom stereocenters. The average Bonchev–Trinajstić information content (AvgIpc) is 3.27. The van der Waals surface area contributed by atoms with Crippen molar-refractivity contribution in [3.05, 3.63) is 154 Å². The number of phosphoric ester groups is 1. The summed E-state index contributed by atoms with van der Waals surface area (Å²) in [5.41, 5.74) is 7.10. The van der Waals surface area contributed by atoms with Gasteiger partial charge in [0, 0.05) is 29.8 Å². The van der Waals surface area contributed by atoms with E-state index >= 15 is 0 Å². The van der Waals surface area contributed by atoms with Gasteiger partial charge in [-0.25, -0.2) is 9.36 Å². The average molecular weight is 948 g/mol. The van der Waals surface area contributed by atoms with Crippen molar-refractivity contribution < 1.29 is 42.0 Å². The third-order valence-electron chi connectivity index (χ3n) is 11.3. The lowest BCUT2D eigenvalue weighted by atomic mass is 9.78. The molecule has 5 rings (SSSR count). The number of urea groups is 1. The molecule has 68 heavy (non-hydrogen) atoms. The Labute approximate surface area is 403 Å². The van der Waals surface area contributed by atoms with Gasteiger partial charge in [-0.15, -0.1) is 0 Å². The van der Waals surface area contributed by atoms with Crippen LogP contribution < -0.4 is 20.1 Å². The number of aryl methyl sites for hydroxylation is 3. The molecule has 2 amide bonds. The van der Waals surface area contributed by atoms with Gasteiger partial charge < -0.3 is 29.5 Å². The minimum atomic E-state index is -4.25. The lowest BCUT2D eigenvalue weighted by Gasteiger charge is -2.31. The number of ether oxygens (including phenoxy) is 2. The zero-order chi connectivity index (χ0) is 49.4. The quantitative estimate of drug-likeness (QED) is 0.0349. The van der Waals surface area contributed by atoms with E-state index in [9.17, 15) is 18.9 Å². The molecule has 0 aliphatic rings. The monoisotopic (exact) mass is 947 g/mol. The number of hydrogen-bond donors (Lipinski definition) is 2. The number of hydrogen-bond acceptors (Lipinski definition) is 10. The summed E-state index contributed by atoms with van der Waals surface area (Å²) in [6, 6.07) is 35.6. The molecule has 0 heterocycles. The number of nitrogens with one attached hydrogen (secondary N) is 2. The topological polar surface area (TPSA) is 142 Å². The highest BCUT2D eigenvalue weighted by molar-refractivity contribution is 7.48. The molecule has 5 aromatic rings. The Hall–Kier alpha value is -5.94. The highest BCUT2D eigenvalue weighted by Gasteiger charge is 2.36. The highest BCUT2D eigenvalue weighted by atomic mass is 31.2. The minimum Gasteiger partial charge on any atom is -0.428 e. The van der Waals surface area contributed by atoms with Gasteiger partial charge in [-0.1, -0.05) is 139 Å². The van der Waals surface area contributed by atoms with Crippen LogP contribution in [0.2, 0.25) is 0 Å². The van der Waals surface area contributed by atoms with Gasteiger partial charge in [-0.05, 0) is 103 Å². The van der Waals surface area contributed by atoms with Crippen molar-refractivity contribution in [2.24, 2.45) is 11.8 Å². The highest BCUT2D eigenvalue weighted by Crippen LogP contribution is 2.53. The third kappa shape index (κ3) is 16.4. The molecule has 0 bridgehead atoms. The molecule has 0 spiro atoms. The van der Waals surface area contributed by atoms with E-state index < -0.39 is 32.0 Å². The molecule has 0 fully saturated rings. The van der Waals surface area contributed by atoms with Crippen LogP contribution in [-0.4, -0.2) is 37.9 Å². The molecular formula is C55H70N3O9P. The van der Waals surface area contributed by atoms with E-state index in [4.69, 9.17) is 23.0 Å². The molecule has 5 aromatic carbocycles. The van der Waals surface area contributed by atoms with Crippen LogP contribution in [0.5, 0.6) is 5.75 Å². The Morgan fingerprint density at radius 2 is 1.26 bits per heavy atom. The van der Waals surface area contributed by atoms with Crippen molar-refractivity contribution >= 4 is 42.9 Å². The first-order chi connectivity index (χ1) is 32.3. The second-order valence-electron chi connectivity index (χ2n) is 18.9. The molecule has 13 heteroatoms. The van der Waals surface area contributed by atoms with E-state index in [-0.39, 0.29) is 43.8 Å². The summed E-state index contributed by atoms with van der Waals surface area (Å²) < 4.78 is 43.6. The number of rotatable bonds is 24. The number of carbonyl (C=O) groups excluding carboxylic acids is 3. The molecule has 0 saturated heterocycles. The molecule has 12 nitrogen and oxygen atoms in total. The third-order valence-corrected chi connectivity index (χ3v) is 12.6. The molecule has 2 N–H and O–H groups in total. The van der Waals surface area contributed by atoms with E-state index in [1.165, 1.54) is 0 Å². The Morgan fingerprint density at radius 3 is 1.82 bits per heavy atom. The first-order valence-corrected chi connectivity index (χ1v) is 24.9. The molecule has 364 valence electrons. The predicted molar refractivity (Wildman–Crippen MR) is 271 cm³/mol. The summed E-state index contributed by atoms with van der Waals surface area (Å²) in [6.45, 7) is 21.2. The summed E-state index contributed by atoms with van der Waals surface area (Å²) in [5, 5.41) is 6.03. The summed E-state index contributed by atoms with van der Waals surface area (Å²) in [5.74, 6) is -0.379. The Balaban J connectivity index is 1.26. The maximum absolute atomic E-state index is 14.5. The van der Waals surface area contributed by atoms with Gasteiger partial charge in [0.15, 0.2) is 0 Å². The van der Waals surface area contributed by atoms with Gasteiger partial charge in [0.1, 0.15) is 5.75 Å². The number of carbonyl (C=O) groups is 3. The molecule has 0 radical (unpaired) electrons. The van der Waals surface area contributed by atoms with Gasteiger partial charge in [0.05, 0.1) is 37.4 Å². The zero-order valence-corrected chi connectivity index (χ0v) is 42.3. The van der Waals surface area contributed by atoms with Crippen molar-refractivity contribution in [2.75, 3.05) is 35.4 Å². The number of nitrogens with zero attached hydrogens (tertiary/aromatic N) is 1. The van der Waals surface area contributed by atoms with Crippen molar-refractivity contribution in [3.8, 4) is 5.75 Å². The molecule has 0 aromatic heterocycles. The number of esters is 2. The van der Waals surface area contributed by atoms with Crippen molar-refractivity contribution in [1.29, 1.82) is 0 Å². The Morgan fingerprint density at radius 1 is 0.691 bits per heavy atom. The van der Waals surface area contributed by atoms with Crippen LogP contribution in [-0.2, 0) is 51.3 Å². The van der Waals surface area contributed by atoms with E-state index in [1.54, 1.807) is 6.07 Å². The number of amides is 2. The number of anilines is 3. The van der Waals surface area contributed by atoms with Crippen molar-refractivity contribution in [3.63, 3.8) is 0 Å². The van der Waals surface area contributed by atoms with E-state index in [2.05, 4.69) is 43.2 Å². The second kappa shape index (κ2) is 24.9. The fourth-order valence-corrected chi connectivity index (χ4v) is 9.39. The van der Waals surface area contributed by atoms with Gasteiger partial charge >= 0.3 is 25.8 Å². The van der Waals surface area contributed by atoms with Gasteiger partial charge in [0.2, 0.25) is 6.79 Å². The van der Waals surface area contributed by atoms with Crippen LogP contribution in [0.15, 0.2) is 115 Å². The first kappa shape index (κ1) is 53.0. The maximum Gasteiger partial charge on any atom is 0.530 e. The van der Waals surface area contributed by atoms with Gasteiger partial charge in [-0.2, -0.15) is 0 Å². The number of benzene rings is 5. The van der Waals surface area contributed by atoms with E-state index in [1.807, 2.05) is 151 Å². The fourth-order valence-electron chi connectivity index (χ4n) is 8.21. The van der Waals surface area contributed by atoms with Crippen LogP contribution in [0.25, 0.3) is 0 Å². The predicted octanol–water partition coefficient (Wildman–Crippen LogP) is 13.6. The van der Waals surface area contributed by atoms with Gasteiger partial charge in [0.25, 0.3) is 0 Å². The summed E-state index contributed by atoms with van der Waals surface area (Å²) in [6.07, 6.45) is 0.519. The standard InChI is InChI=1S/C55H70N3O9P/c1-11-45(46-24-27-49(58(33-38(2)3)34-39(4)5)48(30-46)57-54(61)56-47-25-22-40(6)23-26-47)31-51(59)63-37-64-52(60)32-55(9,10)53-42(8)28-41(7)29-50(53)67-68(62,65-35-43-18-14-12-15-19-43)66-36-44-20-16-13-17-21-44/h12-30,38-39,45H,11,31-37H2,1-10H3,(H2,56,57,61). The molecule has 1 unspecified atom stereocenters. The largest absolute Gasteiger partial charge is 0.530 e. The van der Waals surface area contributed by atoms with Crippen molar-refractivity contribution in [1.82, 2.24) is 0 Å². The normalized spacial score (nSPS) is 12.1. The zero-order valence-electron chi connectivity index (χ0n) is 41.4. The molecule has 0 aliphatic carbocycles. The minimum absolute atomic E-state index is 0.0195. The Kier molecular flexibility index (Phi) is 19.4. The smallest absolute Gasteiger partial charge is 0.428 e. The molecule has 0 aliphatic heterocycles. The van der Waals surface area contributed by atoms with E-state index in [0.29, 0.717) is 35.2 Å². The summed E-state index contributed by atoms with van der Waals surface area (Å²) >= 11 is 0. The van der Waals surface area contributed by atoms with Crippen molar-refractivity contribution in [2.45, 2.75) is 113 Å². The maximum atomic E-state index is 14.5. The lowest BCUT2D eigenvalue weighted by molar-refractivity contribution is -0.168. The number of phosphoric acid groups is 1. The van der Waals surface area contributed by atoms with Crippen LogP contribution in [0.3, 0.4) is 0 Å². The van der Waals surface area contributed by atoms with Gasteiger partial charge in [-0.3, -0.25) is 18.6 Å². The molecule has 0 saturated carbocycles. The van der Waals surface area contributed by atoms with Crippen LogP contribution >= 0.6 is 7.82 Å². The van der Waals surface area contributed by atoms with Crippen LogP contribution in [0, 0.1) is 32.6 Å². The SMILES string of the molecule is CCC(CC(=O)OCOC(=O)CC(C)(C)c1c(C)cc(C)cc1OP(=O)(OCc1ccccc1)OCc1ccccc1)c1ccc(N(CC(C)C)CC(C)C)c(NC(=O)Nc2ccc(C)cc2)c1. The van der Waals surface area contributed by atoms with E-state index in [0.717, 1.165) is 52.2 Å². The Bertz CT molecular complexity index is 2420. The summed E-state index contributed by atoms with van der Waals surface area (Å²) in [7, 11) is -4.25. The lowest BCUT2D eigenvalue weighted by Crippen LogP contribution is -2.32. The molecular weight excluding hydrogens is 878 g/mol. The summed E-state index contributed by atoms with van der Waals surface area (Å²) in [4.78, 5) is 42.5. The first-order valence-electron chi connectivity index (χ1n) is 23.5. The van der Waals surface area contributed by atoms with Crippen LogP contribution in [0.4, 0.5) is 21.9 Å².